The summed E-state index contributed by atoms with van der Waals surface area (Å²) in [6.45, 7) is 0. The Kier molecular flexibility index (Phi) is 4.51. The van der Waals surface area contributed by atoms with Crippen molar-refractivity contribution in [2.24, 2.45) is 5.84 Å². The zero-order valence-corrected chi connectivity index (χ0v) is 11.3. The minimum absolute atomic E-state index is 0.196. The van der Waals surface area contributed by atoms with Crippen molar-refractivity contribution in [2.75, 3.05) is 0 Å². The third-order valence-electron chi connectivity index (χ3n) is 3.01. The Labute approximate surface area is 123 Å². The van der Waals surface area contributed by atoms with Crippen LogP contribution in [0.2, 0.25) is 5.02 Å². The van der Waals surface area contributed by atoms with Crippen LogP contribution in [-0.2, 0) is 6.18 Å². The molecular formula is C14H11ClF4N2. The van der Waals surface area contributed by atoms with E-state index >= 15 is 0 Å². The lowest BCUT2D eigenvalue weighted by atomic mass is 9.98. The lowest BCUT2D eigenvalue weighted by molar-refractivity contribution is -0.137. The summed E-state index contributed by atoms with van der Waals surface area (Å²) in [4.78, 5) is 0. The summed E-state index contributed by atoms with van der Waals surface area (Å²) in [5.41, 5.74) is 2.21. The molecule has 0 saturated heterocycles. The van der Waals surface area contributed by atoms with Gasteiger partial charge in [-0.3, -0.25) is 5.84 Å². The third kappa shape index (κ3) is 3.53. The topological polar surface area (TPSA) is 38.0 Å². The van der Waals surface area contributed by atoms with Gasteiger partial charge in [-0.2, -0.15) is 13.2 Å². The van der Waals surface area contributed by atoms with E-state index in [0.29, 0.717) is 5.56 Å². The highest BCUT2D eigenvalue weighted by atomic mass is 35.5. The van der Waals surface area contributed by atoms with Crippen LogP contribution >= 0.6 is 11.6 Å². The molecule has 7 heteroatoms. The predicted molar refractivity (Wildman–Crippen MR) is 72.0 cm³/mol. The Morgan fingerprint density at radius 2 is 1.67 bits per heavy atom. The molecule has 1 atom stereocenters. The minimum atomic E-state index is -4.42. The fourth-order valence-corrected chi connectivity index (χ4v) is 2.12. The molecule has 0 saturated carbocycles. The van der Waals surface area contributed by atoms with Gasteiger partial charge in [0.15, 0.2) is 0 Å². The fraction of sp³-hybridized carbons (Fsp3) is 0.143. The number of benzene rings is 2. The molecule has 0 aliphatic rings. The quantitative estimate of drug-likeness (QED) is 0.509. The SMILES string of the molecule is NNC(c1ccc(C(F)(F)F)cc1)c1ccc(Cl)cc1F. The molecule has 21 heavy (non-hydrogen) atoms. The highest BCUT2D eigenvalue weighted by Crippen LogP contribution is 2.31. The number of halogens is 5. The van der Waals surface area contributed by atoms with Gasteiger partial charge >= 0.3 is 6.18 Å². The van der Waals surface area contributed by atoms with E-state index in [1.54, 1.807) is 0 Å². The van der Waals surface area contributed by atoms with Gasteiger partial charge in [0.25, 0.3) is 0 Å². The Hall–Kier alpha value is -1.63. The number of hydrazine groups is 1. The first-order chi connectivity index (χ1) is 9.82. The van der Waals surface area contributed by atoms with E-state index in [-0.39, 0.29) is 10.6 Å². The maximum atomic E-state index is 13.9. The predicted octanol–water partition coefficient (Wildman–Crippen LogP) is 4.05. The molecule has 0 aliphatic heterocycles. The first-order valence-corrected chi connectivity index (χ1v) is 6.29. The average Bonchev–Trinajstić information content (AvgIpc) is 2.41. The van der Waals surface area contributed by atoms with Crippen LogP contribution in [0.25, 0.3) is 0 Å². The zero-order chi connectivity index (χ0) is 15.6. The molecule has 2 aromatic carbocycles. The second kappa shape index (κ2) is 6.01. The number of alkyl halides is 3. The van der Waals surface area contributed by atoms with E-state index in [0.717, 1.165) is 18.2 Å². The van der Waals surface area contributed by atoms with Gasteiger partial charge in [-0.15, -0.1) is 0 Å². The standard InChI is InChI=1S/C14H11ClF4N2/c15-10-5-6-11(12(16)7-10)13(21-20)8-1-3-9(4-2-8)14(17,18)19/h1-7,13,21H,20H2. The summed E-state index contributed by atoms with van der Waals surface area (Å²) in [5, 5.41) is 0.222. The van der Waals surface area contributed by atoms with Crippen molar-refractivity contribution in [3.05, 3.63) is 70.0 Å². The lowest BCUT2D eigenvalue weighted by Gasteiger charge is -2.18. The van der Waals surface area contributed by atoms with Crippen molar-refractivity contribution in [3.8, 4) is 0 Å². The van der Waals surface area contributed by atoms with Crippen molar-refractivity contribution in [2.45, 2.75) is 12.2 Å². The first kappa shape index (κ1) is 15.8. The summed E-state index contributed by atoms with van der Waals surface area (Å²) in [5.74, 6) is 4.80. The van der Waals surface area contributed by atoms with Gasteiger partial charge in [0.05, 0.1) is 11.6 Å². The van der Waals surface area contributed by atoms with E-state index in [9.17, 15) is 17.6 Å². The third-order valence-corrected chi connectivity index (χ3v) is 3.25. The van der Waals surface area contributed by atoms with Gasteiger partial charge in [-0.25, -0.2) is 9.82 Å². The van der Waals surface area contributed by atoms with Crippen LogP contribution in [0.4, 0.5) is 17.6 Å². The molecule has 3 N–H and O–H groups in total. The van der Waals surface area contributed by atoms with E-state index in [1.165, 1.54) is 24.3 Å². The molecule has 0 radical (unpaired) electrons. The molecule has 0 aromatic heterocycles. The number of nitrogens with two attached hydrogens (primary N) is 1. The maximum Gasteiger partial charge on any atom is 0.416 e. The lowest BCUT2D eigenvalue weighted by Crippen LogP contribution is -2.29. The molecular weight excluding hydrogens is 308 g/mol. The normalized spacial score (nSPS) is 13.2. The van der Waals surface area contributed by atoms with Crippen molar-refractivity contribution in [1.82, 2.24) is 5.43 Å². The van der Waals surface area contributed by atoms with Gasteiger partial charge in [0, 0.05) is 10.6 Å². The molecule has 2 nitrogen and oxygen atoms in total. The van der Waals surface area contributed by atoms with E-state index < -0.39 is 23.6 Å². The van der Waals surface area contributed by atoms with Gasteiger partial charge in [0.1, 0.15) is 5.82 Å². The maximum absolute atomic E-state index is 13.9. The highest BCUT2D eigenvalue weighted by Gasteiger charge is 2.30. The van der Waals surface area contributed by atoms with Gasteiger partial charge in [-0.1, -0.05) is 29.8 Å². The summed E-state index contributed by atoms with van der Waals surface area (Å²) >= 11 is 5.67. The summed E-state index contributed by atoms with van der Waals surface area (Å²) in [7, 11) is 0. The molecule has 1 unspecified atom stereocenters. The Bertz CT molecular complexity index is 626. The van der Waals surface area contributed by atoms with E-state index in [2.05, 4.69) is 5.43 Å². The van der Waals surface area contributed by atoms with Gasteiger partial charge in [-0.05, 0) is 29.8 Å². The molecule has 0 heterocycles. The highest BCUT2D eigenvalue weighted by molar-refractivity contribution is 6.30. The molecule has 0 spiro atoms. The molecule has 0 fully saturated rings. The molecule has 112 valence electrons. The molecule has 2 rings (SSSR count). The molecule has 0 amide bonds. The Morgan fingerprint density at radius 3 is 2.14 bits per heavy atom. The van der Waals surface area contributed by atoms with Crippen LogP contribution in [0.5, 0.6) is 0 Å². The second-order valence-corrected chi connectivity index (χ2v) is 4.82. The Morgan fingerprint density at radius 1 is 1.05 bits per heavy atom. The van der Waals surface area contributed by atoms with Crippen molar-refractivity contribution in [3.63, 3.8) is 0 Å². The molecule has 0 bridgehead atoms. The summed E-state index contributed by atoms with van der Waals surface area (Å²) in [6.07, 6.45) is -4.42. The number of nitrogens with one attached hydrogen (secondary N) is 1. The van der Waals surface area contributed by atoms with Crippen LogP contribution in [0.15, 0.2) is 42.5 Å². The minimum Gasteiger partial charge on any atom is -0.271 e. The fourth-order valence-electron chi connectivity index (χ4n) is 1.97. The first-order valence-electron chi connectivity index (χ1n) is 5.91. The van der Waals surface area contributed by atoms with Gasteiger partial charge in [0.2, 0.25) is 0 Å². The number of hydrogen-bond donors (Lipinski definition) is 2. The van der Waals surface area contributed by atoms with Crippen LogP contribution in [-0.4, -0.2) is 0 Å². The zero-order valence-electron chi connectivity index (χ0n) is 10.6. The smallest absolute Gasteiger partial charge is 0.271 e. The second-order valence-electron chi connectivity index (χ2n) is 4.39. The summed E-state index contributed by atoms with van der Waals surface area (Å²) in [6, 6.07) is 7.60. The van der Waals surface area contributed by atoms with Crippen LogP contribution in [0.3, 0.4) is 0 Å². The van der Waals surface area contributed by atoms with Crippen LogP contribution in [0, 0.1) is 5.82 Å². The molecule has 0 aliphatic carbocycles. The van der Waals surface area contributed by atoms with Crippen LogP contribution in [0.1, 0.15) is 22.7 Å². The van der Waals surface area contributed by atoms with Crippen LogP contribution < -0.4 is 11.3 Å². The Balaban J connectivity index is 2.37. The molecule has 2 aromatic rings. The number of hydrogen-bond acceptors (Lipinski definition) is 2. The van der Waals surface area contributed by atoms with Crippen molar-refractivity contribution in [1.29, 1.82) is 0 Å². The van der Waals surface area contributed by atoms with Crippen molar-refractivity contribution < 1.29 is 17.6 Å². The largest absolute Gasteiger partial charge is 0.416 e. The van der Waals surface area contributed by atoms with Crippen molar-refractivity contribution >= 4 is 11.6 Å². The van der Waals surface area contributed by atoms with Gasteiger partial charge < -0.3 is 0 Å². The van der Waals surface area contributed by atoms with E-state index in [1.807, 2.05) is 0 Å². The number of rotatable bonds is 3. The van der Waals surface area contributed by atoms with E-state index in [4.69, 9.17) is 17.4 Å². The summed E-state index contributed by atoms with van der Waals surface area (Å²) < 4.78 is 51.4. The average molecular weight is 319 g/mol. The monoisotopic (exact) mass is 318 g/mol.